The smallest absolute Gasteiger partial charge is 0.225 e. The van der Waals surface area contributed by atoms with Crippen LogP contribution in [0, 0.1) is 11.3 Å². The van der Waals surface area contributed by atoms with Gasteiger partial charge in [0, 0.05) is 31.0 Å². The third-order valence-corrected chi connectivity index (χ3v) is 6.44. The van der Waals surface area contributed by atoms with Crippen molar-refractivity contribution in [2.75, 3.05) is 26.7 Å². The van der Waals surface area contributed by atoms with Gasteiger partial charge in [-0.1, -0.05) is 37.1 Å². The Morgan fingerprint density at radius 2 is 1.83 bits per heavy atom. The number of hydrogen-bond donors (Lipinski definition) is 0. The number of rotatable bonds is 1. The first-order valence-corrected chi connectivity index (χ1v) is 9.69. The molecule has 130 valence electrons. The summed E-state index contributed by atoms with van der Waals surface area (Å²) in [7, 11) is 2.24. The fourth-order valence-corrected chi connectivity index (χ4v) is 5.33. The predicted octanol–water partition coefficient (Wildman–Crippen LogP) is 3.47. The van der Waals surface area contributed by atoms with E-state index in [-0.39, 0.29) is 11.3 Å². The van der Waals surface area contributed by atoms with Gasteiger partial charge in [-0.05, 0) is 56.8 Å². The molecule has 3 aliphatic rings. The van der Waals surface area contributed by atoms with Crippen LogP contribution < -0.4 is 0 Å². The van der Waals surface area contributed by atoms with E-state index in [4.69, 9.17) is 0 Å². The summed E-state index contributed by atoms with van der Waals surface area (Å²) in [6, 6.07) is 8.81. The summed E-state index contributed by atoms with van der Waals surface area (Å²) in [5.74, 6) is 0.713. The maximum atomic E-state index is 13.2. The van der Waals surface area contributed by atoms with Crippen molar-refractivity contribution in [1.82, 2.24) is 9.80 Å². The van der Waals surface area contributed by atoms with Crippen molar-refractivity contribution in [1.29, 1.82) is 0 Å². The molecule has 1 saturated carbocycles. The Morgan fingerprint density at radius 1 is 1.08 bits per heavy atom. The Kier molecular flexibility index (Phi) is 4.38. The van der Waals surface area contributed by atoms with Crippen LogP contribution in [-0.2, 0) is 17.8 Å². The highest BCUT2D eigenvalue weighted by molar-refractivity contribution is 5.79. The van der Waals surface area contributed by atoms with E-state index in [9.17, 15) is 4.79 Å². The Morgan fingerprint density at radius 3 is 2.58 bits per heavy atom. The lowest BCUT2D eigenvalue weighted by molar-refractivity contribution is -0.138. The van der Waals surface area contributed by atoms with E-state index < -0.39 is 0 Å². The van der Waals surface area contributed by atoms with E-state index in [1.807, 2.05) is 0 Å². The molecule has 24 heavy (non-hydrogen) atoms. The lowest BCUT2D eigenvalue weighted by Crippen LogP contribution is -2.50. The zero-order valence-electron chi connectivity index (χ0n) is 15.0. The Bertz CT molecular complexity index is 608. The molecule has 1 aromatic rings. The van der Waals surface area contributed by atoms with Crippen LogP contribution in [0.15, 0.2) is 24.3 Å². The highest BCUT2D eigenvalue weighted by atomic mass is 16.2. The van der Waals surface area contributed by atoms with Crippen molar-refractivity contribution in [3.05, 3.63) is 35.4 Å². The van der Waals surface area contributed by atoms with Gasteiger partial charge in [-0.3, -0.25) is 4.79 Å². The Hall–Kier alpha value is -1.35. The molecule has 0 bridgehead atoms. The number of benzene rings is 1. The molecule has 2 fully saturated rings. The van der Waals surface area contributed by atoms with E-state index in [1.54, 1.807) is 0 Å². The van der Waals surface area contributed by atoms with Crippen LogP contribution >= 0.6 is 0 Å². The Balaban J connectivity index is 1.65. The van der Waals surface area contributed by atoms with Crippen LogP contribution in [0.25, 0.3) is 0 Å². The maximum Gasteiger partial charge on any atom is 0.225 e. The molecule has 0 radical (unpaired) electrons. The van der Waals surface area contributed by atoms with E-state index in [1.165, 1.54) is 43.4 Å². The Labute approximate surface area is 146 Å². The molecule has 0 N–H and O–H groups in total. The molecule has 2 aliphatic heterocycles. The number of fused-ring (bicyclic) bond motifs is 1. The highest BCUT2D eigenvalue weighted by Gasteiger charge is 2.41. The average Bonchev–Trinajstić information content (AvgIpc) is 3.04. The van der Waals surface area contributed by atoms with Crippen molar-refractivity contribution in [3.63, 3.8) is 0 Å². The van der Waals surface area contributed by atoms with Crippen molar-refractivity contribution in [3.8, 4) is 0 Å². The number of amides is 1. The minimum atomic E-state index is 0.244. The molecule has 1 atom stereocenters. The van der Waals surface area contributed by atoms with E-state index >= 15 is 0 Å². The van der Waals surface area contributed by atoms with Gasteiger partial charge in [0.2, 0.25) is 5.91 Å². The monoisotopic (exact) mass is 326 g/mol. The highest BCUT2D eigenvalue weighted by Crippen LogP contribution is 2.39. The SMILES string of the molecule is CN1CCCC2(Cc3ccccc3CN(C(=O)C3CCCC3)C2)C1. The normalized spacial score (nSPS) is 28.8. The summed E-state index contributed by atoms with van der Waals surface area (Å²) in [4.78, 5) is 17.9. The van der Waals surface area contributed by atoms with Crippen LogP contribution in [0.4, 0.5) is 0 Å². The average molecular weight is 326 g/mol. The number of hydrogen-bond acceptors (Lipinski definition) is 2. The van der Waals surface area contributed by atoms with E-state index in [0.29, 0.717) is 5.91 Å². The second kappa shape index (κ2) is 6.51. The molecule has 1 unspecified atom stereocenters. The minimum absolute atomic E-state index is 0.244. The van der Waals surface area contributed by atoms with Crippen molar-refractivity contribution >= 4 is 5.91 Å². The van der Waals surface area contributed by atoms with Gasteiger partial charge in [0.05, 0.1) is 0 Å². The zero-order chi connectivity index (χ0) is 16.6. The molecule has 3 heteroatoms. The largest absolute Gasteiger partial charge is 0.338 e. The fourth-order valence-electron chi connectivity index (χ4n) is 5.33. The summed E-state index contributed by atoms with van der Waals surface area (Å²) in [5.41, 5.74) is 3.08. The second-order valence-corrected chi connectivity index (χ2v) is 8.46. The topological polar surface area (TPSA) is 23.6 Å². The summed E-state index contributed by atoms with van der Waals surface area (Å²) in [5, 5.41) is 0. The standard InChI is InChI=1S/C21H30N2O/c1-22-12-6-11-21(15-22)13-18-9-4-5-10-19(18)14-23(16-21)20(24)17-7-2-3-8-17/h4-5,9-10,17H,2-3,6-8,11-16H2,1H3. The molecular weight excluding hydrogens is 296 g/mol. The summed E-state index contributed by atoms with van der Waals surface area (Å²) in [6.07, 6.45) is 8.30. The van der Waals surface area contributed by atoms with Gasteiger partial charge in [-0.2, -0.15) is 0 Å². The van der Waals surface area contributed by atoms with Gasteiger partial charge in [-0.15, -0.1) is 0 Å². The van der Waals surface area contributed by atoms with Crippen LogP contribution in [0.3, 0.4) is 0 Å². The molecule has 1 aliphatic carbocycles. The van der Waals surface area contributed by atoms with Crippen LogP contribution in [0.2, 0.25) is 0 Å². The minimum Gasteiger partial charge on any atom is -0.338 e. The summed E-state index contributed by atoms with van der Waals surface area (Å²) < 4.78 is 0. The van der Waals surface area contributed by atoms with Gasteiger partial charge in [0.15, 0.2) is 0 Å². The number of piperidine rings is 1. The van der Waals surface area contributed by atoms with Gasteiger partial charge in [0.1, 0.15) is 0 Å². The molecule has 1 saturated heterocycles. The number of carbonyl (C=O) groups is 1. The van der Waals surface area contributed by atoms with Crippen LogP contribution in [0.5, 0.6) is 0 Å². The third-order valence-electron chi connectivity index (χ3n) is 6.44. The number of nitrogens with zero attached hydrogens (tertiary/aromatic N) is 2. The molecule has 4 rings (SSSR count). The second-order valence-electron chi connectivity index (χ2n) is 8.46. The molecule has 2 heterocycles. The third kappa shape index (κ3) is 3.11. The van der Waals surface area contributed by atoms with Crippen LogP contribution in [-0.4, -0.2) is 42.4 Å². The van der Waals surface area contributed by atoms with Gasteiger partial charge < -0.3 is 9.80 Å². The fraction of sp³-hybridized carbons (Fsp3) is 0.667. The quantitative estimate of drug-likeness (QED) is 0.789. The number of carbonyl (C=O) groups excluding carboxylic acids is 1. The first-order valence-electron chi connectivity index (χ1n) is 9.69. The van der Waals surface area contributed by atoms with Gasteiger partial charge in [0.25, 0.3) is 0 Å². The molecule has 0 aromatic heterocycles. The van der Waals surface area contributed by atoms with E-state index in [2.05, 4.69) is 41.1 Å². The lowest BCUT2D eigenvalue weighted by atomic mass is 9.75. The summed E-state index contributed by atoms with van der Waals surface area (Å²) >= 11 is 0. The summed E-state index contributed by atoms with van der Waals surface area (Å²) in [6.45, 7) is 4.08. The predicted molar refractivity (Wildman–Crippen MR) is 96.7 cm³/mol. The first-order chi connectivity index (χ1) is 11.7. The molecule has 3 nitrogen and oxygen atoms in total. The van der Waals surface area contributed by atoms with Gasteiger partial charge >= 0.3 is 0 Å². The van der Waals surface area contributed by atoms with Crippen molar-refractivity contribution in [2.24, 2.45) is 11.3 Å². The molecule has 1 aromatic carbocycles. The first kappa shape index (κ1) is 16.1. The van der Waals surface area contributed by atoms with Crippen molar-refractivity contribution < 1.29 is 4.79 Å². The van der Waals surface area contributed by atoms with Gasteiger partial charge in [-0.25, -0.2) is 0 Å². The van der Waals surface area contributed by atoms with Crippen molar-refractivity contribution in [2.45, 2.75) is 51.5 Å². The van der Waals surface area contributed by atoms with E-state index in [0.717, 1.165) is 38.9 Å². The molecule has 1 spiro atoms. The molecular formula is C21H30N2O. The zero-order valence-corrected chi connectivity index (χ0v) is 15.0. The molecule has 1 amide bonds. The van der Waals surface area contributed by atoms with Crippen LogP contribution in [0.1, 0.15) is 49.7 Å². The lowest BCUT2D eigenvalue weighted by Gasteiger charge is -2.43. The number of likely N-dealkylation sites (tertiary alicyclic amines) is 1. The maximum absolute atomic E-state index is 13.2.